The van der Waals surface area contributed by atoms with Crippen molar-refractivity contribution in [2.24, 2.45) is 12.8 Å². The van der Waals surface area contributed by atoms with E-state index < -0.39 is 21.2 Å². The first-order chi connectivity index (χ1) is 16.6. The number of carbonyl (C=O) groups excluding carboxylic acids is 1. The molecule has 0 spiro atoms. The standard InChI is InChI=1S/C22H25N9O3S/c1-12(2)35(33,34)30-14-7-5-13(6-8-14)27-22-19(20(23)32)28-18(21(24-3)29-22)15-9-25-10-16-17(15)26-11-31(16)4/h5-12,30H,1-4H3,(H2,23,32)(H2,24,27,29). The molecule has 3 aromatic heterocycles. The van der Waals surface area contributed by atoms with E-state index in [0.29, 0.717) is 34.0 Å². The number of nitrogens with one attached hydrogen (secondary N) is 3. The van der Waals surface area contributed by atoms with Crippen LogP contribution in [0.2, 0.25) is 0 Å². The Balaban J connectivity index is 1.72. The second kappa shape index (κ2) is 9.18. The van der Waals surface area contributed by atoms with Crippen molar-refractivity contribution in [1.82, 2.24) is 24.5 Å². The maximum absolute atomic E-state index is 12.3. The first-order valence-electron chi connectivity index (χ1n) is 10.6. The molecule has 1 amide bonds. The summed E-state index contributed by atoms with van der Waals surface area (Å²) in [6.07, 6.45) is 4.96. The summed E-state index contributed by atoms with van der Waals surface area (Å²) in [6, 6.07) is 6.49. The second-order valence-electron chi connectivity index (χ2n) is 8.04. The monoisotopic (exact) mass is 495 g/mol. The average Bonchev–Trinajstić information content (AvgIpc) is 3.20. The van der Waals surface area contributed by atoms with Crippen molar-refractivity contribution in [3.05, 3.63) is 48.7 Å². The minimum absolute atomic E-state index is 0.0727. The molecule has 0 saturated heterocycles. The molecule has 1 aromatic carbocycles. The van der Waals surface area contributed by atoms with Crippen molar-refractivity contribution in [1.29, 1.82) is 0 Å². The average molecular weight is 496 g/mol. The molecule has 182 valence electrons. The Morgan fingerprint density at radius 1 is 1.06 bits per heavy atom. The molecule has 0 aliphatic heterocycles. The molecule has 0 saturated carbocycles. The molecule has 0 unspecified atom stereocenters. The van der Waals surface area contributed by atoms with Gasteiger partial charge in [-0.3, -0.25) is 14.5 Å². The Kier molecular flexibility index (Phi) is 6.26. The van der Waals surface area contributed by atoms with Crippen molar-refractivity contribution < 1.29 is 13.2 Å². The lowest BCUT2D eigenvalue weighted by Gasteiger charge is -2.15. The molecule has 0 aliphatic rings. The van der Waals surface area contributed by atoms with Crippen molar-refractivity contribution in [3.63, 3.8) is 0 Å². The SMILES string of the molecule is CNc1nc(Nc2ccc(NS(=O)(=O)C(C)C)cc2)c(C(N)=O)nc1-c1cncc2c1ncn2C. The van der Waals surface area contributed by atoms with Crippen molar-refractivity contribution in [2.75, 3.05) is 22.4 Å². The summed E-state index contributed by atoms with van der Waals surface area (Å²) < 4.78 is 28.5. The maximum atomic E-state index is 12.3. The van der Waals surface area contributed by atoms with Gasteiger partial charge in [0.1, 0.15) is 11.2 Å². The van der Waals surface area contributed by atoms with Crippen LogP contribution in [0.15, 0.2) is 43.0 Å². The van der Waals surface area contributed by atoms with Crippen molar-refractivity contribution in [2.45, 2.75) is 19.1 Å². The molecule has 0 radical (unpaired) electrons. The smallest absolute Gasteiger partial charge is 0.271 e. The number of benzene rings is 1. The number of aryl methyl sites for hydroxylation is 1. The van der Waals surface area contributed by atoms with Crippen LogP contribution in [0.4, 0.5) is 23.0 Å². The minimum Gasteiger partial charge on any atom is -0.371 e. The molecule has 0 fully saturated rings. The van der Waals surface area contributed by atoms with E-state index in [1.165, 1.54) is 0 Å². The Bertz CT molecular complexity index is 1510. The lowest BCUT2D eigenvalue weighted by molar-refractivity contribution is 0.0996. The quantitative estimate of drug-likeness (QED) is 0.287. The molecular formula is C22H25N9O3S. The third kappa shape index (κ3) is 4.71. The zero-order valence-corrected chi connectivity index (χ0v) is 20.4. The molecule has 12 nitrogen and oxygen atoms in total. The summed E-state index contributed by atoms with van der Waals surface area (Å²) in [4.78, 5) is 30.0. The highest BCUT2D eigenvalue weighted by Gasteiger charge is 2.21. The fourth-order valence-electron chi connectivity index (χ4n) is 3.31. The number of hydrogen-bond acceptors (Lipinski definition) is 9. The lowest BCUT2D eigenvalue weighted by atomic mass is 10.1. The van der Waals surface area contributed by atoms with Gasteiger partial charge >= 0.3 is 0 Å². The van der Waals surface area contributed by atoms with Crippen LogP contribution < -0.4 is 21.1 Å². The number of carbonyl (C=O) groups is 1. The Morgan fingerprint density at radius 3 is 2.37 bits per heavy atom. The third-order valence-corrected chi connectivity index (χ3v) is 7.05. The normalized spacial score (nSPS) is 11.6. The molecule has 5 N–H and O–H groups in total. The van der Waals surface area contributed by atoms with Crippen LogP contribution in [0.5, 0.6) is 0 Å². The molecule has 35 heavy (non-hydrogen) atoms. The van der Waals surface area contributed by atoms with E-state index in [1.807, 2.05) is 11.6 Å². The van der Waals surface area contributed by atoms with E-state index in [4.69, 9.17) is 5.73 Å². The zero-order chi connectivity index (χ0) is 25.3. The summed E-state index contributed by atoms with van der Waals surface area (Å²) in [6.45, 7) is 3.19. The van der Waals surface area contributed by atoms with Crippen LogP contribution in [-0.2, 0) is 17.1 Å². The zero-order valence-electron chi connectivity index (χ0n) is 19.6. The van der Waals surface area contributed by atoms with Crippen molar-refractivity contribution in [3.8, 4) is 11.3 Å². The predicted octanol–water partition coefficient (Wildman–Crippen LogP) is 2.46. The molecule has 13 heteroatoms. The molecular weight excluding hydrogens is 470 g/mol. The number of hydrogen-bond donors (Lipinski definition) is 4. The van der Waals surface area contributed by atoms with Crippen LogP contribution in [0.25, 0.3) is 22.3 Å². The number of aromatic nitrogens is 5. The second-order valence-corrected chi connectivity index (χ2v) is 10.3. The summed E-state index contributed by atoms with van der Waals surface area (Å²) in [7, 11) is 0.0677. The number of rotatable bonds is 8. The maximum Gasteiger partial charge on any atom is 0.271 e. The van der Waals surface area contributed by atoms with Crippen LogP contribution in [0, 0.1) is 0 Å². The van der Waals surface area contributed by atoms with E-state index >= 15 is 0 Å². The van der Waals surface area contributed by atoms with Crippen LogP contribution in [0.1, 0.15) is 24.3 Å². The topological polar surface area (TPSA) is 170 Å². The largest absolute Gasteiger partial charge is 0.371 e. The van der Waals surface area contributed by atoms with Crippen LogP contribution in [0.3, 0.4) is 0 Å². The van der Waals surface area contributed by atoms with Gasteiger partial charge in [-0.1, -0.05) is 0 Å². The van der Waals surface area contributed by atoms with Gasteiger partial charge in [-0.2, -0.15) is 0 Å². The third-order valence-electron chi connectivity index (χ3n) is 5.29. The number of nitrogens with two attached hydrogens (primary N) is 1. The van der Waals surface area contributed by atoms with Crippen molar-refractivity contribution >= 4 is 50.0 Å². The van der Waals surface area contributed by atoms with E-state index in [9.17, 15) is 13.2 Å². The summed E-state index contributed by atoms with van der Waals surface area (Å²) in [5.41, 5.74) is 8.94. The fourth-order valence-corrected chi connectivity index (χ4v) is 4.01. The van der Waals surface area contributed by atoms with Crippen LogP contribution >= 0.6 is 0 Å². The van der Waals surface area contributed by atoms with Gasteiger partial charge in [0.15, 0.2) is 17.3 Å². The number of nitrogens with zero attached hydrogens (tertiary/aromatic N) is 5. The number of primary amides is 1. The first kappa shape index (κ1) is 23.9. The molecule has 0 aliphatic carbocycles. The minimum atomic E-state index is -3.47. The highest BCUT2D eigenvalue weighted by atomic mass is 32.2. The predicted molar refractivity (Wildman–Crippen MR) is 135 cm³/mol. The number of pyridine rings is 1. The molecule has 0 bridgehead atoms. The highest BCUT2D eigenvalue weighted by molar-refractivity contribution is 7.93. The van der Waals surface area contributed by atoms with Crippen LogP contribution in [-0.4, -0.2) is 51.1 Å². The Morgan fingerprint density at radius 2 is 1.74 bits per heavy atom. The summed E-state index contributed by atoms with van der Waals surface area (Å²) >= 11 is 0. The van der Waals surface area contributed by atoms with Gasteiger partial charge in [0, 0.05) is 31.7 Å². The Hall–Kier alpha value is -4.26. The number of amides is 1. The summed E-state index contributed by atoms with van der Waals surface area (Å²) in [5, 5.41) is 5.46. The van der Waals surface area contributed by atoms with E-state index in [2.05, 4.69) is 35.3 Å². The molecule has 0 atom stereocenters. The number of imidazole rings is 1. The highest BCUT2D eigenvalue weighted by Crippen LogP contribution is 2.32. The number of sulfonamides is 1. The van der Waals surface area contributed by atoms with E-state index in [1.54, 1.807) is 63.9 Å². The molecule has 4 aromatic rings. The molecule has 4 rings (SSSR count). The van der Waals surface area contributed by atoms with Gasteiger partial charge in [-0.15, -0.1) is 0 Å². The van der Waals surface area contributed by atoms with Gasteiger partial charge < -0.3 is 20.9 Å². The van der Waals surface area contributed by atoms with E-state index in [0.717, 1.165) is 5.52 Å². The first-order valence-corrected chi connectivity index (χ1v) is 12.2. The fraction of sp³-hybridized carbons (Fsp3) is 0.227. The lowest BCUT2D eigenvalue weighted by Crippen LogP contribution is -2.22. The van der Waals surface area contributed by atoms with Gasteiger partial charge in [-0.25, -0.2) is 23.4 Å². The van der Waals surface area contributed by atoms with Gasteiger partial charge in [0.2, 0.25) is 10.0 Å². The Labute approximate surface area is 202 Å². The van der Waals surface area contributed by atoms with Gasteiger partial charge in [0.25, 0.3) is 5.91 Å². The number of fused-ring (bicyclic) bond motifs is 1. The summed E-state index contributed by atoms with van der Waals surface area (Å²) in [5.74, 6) is -0.243. The number of anilines is 4. The van der Waals surface area contributed by atoms with E-state index in [-0.39, 0.29) is 11.5 Å². The molecule has 3 heterocycles. The van der Waals surface area contributed by atoms with Gasteiger partial charge in [-0.05, 0) is 38.1 Å². The van der Waals surface area contributed by atoms with Gasteiger partial charge in [0.05, 0.1) is 28.9 Å².